The van der Waals surface area contributed by atoms with Crippen molar-refractivity contribution < 1.29 is 39.1 Å². The number of amides is 4. The molecule has 11 heteroatoms. The van der Waals surface area contributed by atoms with E-state index in [1.165, 1.54) is 17.0 Å². The van der Waals surface area contributed by atoms with Crippen LogP contribution in [0, 0.1) is 29.1 Å². The summed E-state index contributed by atoms with van der Waals surface area (Å²) in [5.41, 5.74) is 1.39. The maximum Gasteiger partial charge on any atom is 0.488 e. The molecule has 6 unspecified atom stereocenters. The predicted octanol–water partition coefficient (Wildman–Crippen LogP) is 2.17. The van der Waals surface area contributed by atoms with Gasteiger partial charge < -0.3 is 19.9 Å². The van der Waals surface area contributed by atoms with Crippen LogP contribution in [-0.2, 0) is 19.2 Å². The molecule has 3 aromatic carbocycles. The van der Waals surface area contributed by atoms with Crippen molar-refractivity contribution in [1.82, 2.24) is 0 Å². The van der Waals surface area contributed by atoms with Crippen LogP contribution in [0.15, 0.2) is 90.5 Å². The number of nitrogens with zero attached hydrogens (tertiary/aromatic N) is 2. The van der Waals surface area contributed by atoms with E-state index >= 15 is 0 Å². The highest BCUT2D eigenvalue weighted by Gasteiger charge is 2.67. The molecule has 234 valence electrons. The average Bonchev–Trinajstić information content (AvgIpc) is 3.44. The van der Waals surface area contributed by atoms with Crippen LogP contribution in [0.3, 0.4) is 0 Å². The molecule has 10 nitrogen and oxygen atoms in total. The highest BCUT2D eigenvalue weighted by atomic mass is 16.5. The molecule has 2 aliphatic heterocycles. The minimum absolute atomic E-state index is 0.130. The van der Waals surface area contributed by atoms with E-state index in [-0.39, 0.29) is 48.5 Å². The zero-order chi connectivity index (χ0) is 32.3. The van der Waals surface area contributed by atoms with Crippen molar-refractivity contribution in [1.29, 1.82) is 0 Å². The van der Waals surface area contributed by atoms with Crippen LogP contribution >= 0.6 is 0 Å². The molecule has 46 heavy (non-hydrogen) atoms. The highest BCUT2D eigenvalue weighted by Crippen LogP contribution is 2.63. The second-order valence-corrected chi connectivity index (χ2v) is 12.6. The molecule has 2 aliphatic carbocycles. The SMILES string of the molecule is CC12C(=O)N(c3ccccc3)C(=O)C1CC1C(=CCC3C(=O)N(c4cccc(B(O)O)c4)C(=O)C31)C2c1ccc(OCCO)cc1. The summed E-state index contributed by atoms with van der Waals surface area (Å²) in [6.45, 7) is 1.83. The van der Waals surface area contributed by atoms with Gasteiger partial charge in [0.2, 0.25) is 23.6 Å². The number of hydrogen-bond acceptors (Lipinski definition) is 8. The molecule has 3 fully saturated rings. The van der Waals surface area contributed by atoms with Crippen LogP contribution in [0.25, 0.3) is 0 Å². The van der Waals surface area contributed by atoms with Gasteiger partial charge in [0, 0.05) is 5.92 Å². The molecule has 4 amide bonds. The van der Waals surface area contributed by atoms with Gasteiger partial charge in [0.05, 0.1) is 41.2 Å². The molecule has 4 aliphatic rings. The Morgan fingerprint density at radius 2 is 1.57 bits per heavy atom. The Labute approximate surface area is 266 Å². The number of ether oxygens (including phenoxy) is 1. The van der Waals surface area contributed by atoms with Crippen LogP contribution in [0.1, 0.15) is 31.2 Å². The van der Waals surface area contributed by atoms with Gasteiger partial charge in [0.25, 0.3) is 0 Å². The van der Waals surface area contributed by atoms with E-state index in [2.05, 4.69) is 0 Å². The van der Waals surface area contributed by atoms with E-state index < -0.39 is 48.0 Å². The predicted molar refractivity (Wildman–Crippen MR) is 169 cm³/mol. The van der Waals surface area contributed by atoms with Crippen molar-refractivity contribution in [2.75, 3.05) is 23.0 Å². The third-order valence-corrected chi connectivity index (χ3v) is 10.3. The Balaban J connectivity index is 1.32. The average molecular weight is 620 g/mol. The van der Waals surface area contributed by atoms with E-state index in [0.29, 0.717) is 17.9 Å². The lowest BCUT2D eigenvalue weighted by Crippen LogP contribution is -2.48. The van der Waals surface area contributed by atoms with Crippen molar-refractivity contribution in [3.05, 3.63) is 96.1 Å². The van der Waals surface area contributed by atoms with E-state index in [0.717, 1.165) is 16.0 Å². The summed E-state index contributed by atoms with van der Waals surface area (Å²) < 4.78 is 5.58. The summed E-state index contributed by atoms with van der Waals surface area (Å²) in [7, 11) is -1.76. The standard InChI is InChI=1S/C35H33BN2O8/c1-35-28(32(41)38(34(35)43)22-7-3-2-4-8-22)19-27-25(30(35)20-10-12-24(13-11-20)46-17-16-39)14-15-26-29(27)33(42)37(31(26)40)23-9-5-6-21(18-23)36(44)45/h2-14,18,26-30,39,44-45H,15-17,19H2,1H3. The van der Waals surface area contributed by atoms with Crippen LogP contribution in [0.2, 0.25) is 0 Å². The number of hydrogen-bond donors (Lipinski definition) is 3. The summed E-state index contributed by atoms with van der Waals surface area (Å²) >= 11 is 0. The number of allylic oxidation sites excluding steroid dienone is 2. The van der Waals surface area contributed by atoms with E-state index in [4.69, 9.17) is 4.74 Å². The molecular weight excluding hydrogens is 587 g/mol. The van der Waals surface area contributed by atoms with Crippen molar-refractivity contribution in [2.45, 2.75) is 25.7 Å². The molecule has 0 aromatic heterocycles. The summed E-state index contributed by atoms with van der Waals surface area (Å²) in [5, 5.41) is 28.6. The summed E-state index contributed by atoms with van der Waals surface area (Å²) in [5.74, 6) is -4.04. The maximum absolute atomic E-state index is 14.5. The number of aliphatic hydroxyl groups is 1. The van der Waals surface area contributed by atoms with Crippen molar-refractivity contribution in [2.24, 2.45) is 29.1 Å². The number of carbonyl (C=O) groups excluding carboxylic acids is 4. The molecule has 6 atom stereocenters. The first-order chi connectivity index (χ1) is 22.2. The molecule has 3 aromatic rings. The molecular formula is C35H33BN2O8. The van der Waals surface area contributed by atoms with Gasteiger partial charge in [0.1, 0.15) is 12.4 Å². The van der Waals surface area contributed by atoms with Crippen LogP contribution < -0.4 is 20.0 Å². The van der Waals surface area contributed by atoms with Crippen LogP contribution in [0.5, 0.6) is 5.75 Å². The first-order valence-electron chi connectivity index (χ1n) is 15.5. The fourth-order valence-electron chi connectivity index (χ4n) is 8.22. The lowest BCUT2D eigenvalue weighted by Gasteiger charge is -2.49. The summed E-state index contributed by atoms with van der Waals surface area (Å²) in [4.78, 5) is 59.1. The van der Waals surface area contributed by atoms with Crippen molar-refractivity contribution >= 4 is 47.6 Å². The molecule has 1 saturated carbocycles. The van der Waals surface area contributed by atoms with Gasteiger partial charge in [-0.25, -0.2) is 4.90 Å². The Hall–Kier alpha value is -4.58. The number of imide groups is 2. The first-order valence-corrected chi connectivity index (χ1v) is 15.5. The smallest absolute Gasteiger partial charge is 0.488 e. The number of para-hydroxylation sites is 1. The van der Waals surface area contributed by atoms with Crippen molar-refractivity contribution in [3.63, 3.8) is 0 Å². The number of rotatable bonds is 7. The van der Waals surface area contributed by atoms with Gasteiger partial charge in [-0.05, 0) is 73.1 Å². The topological polar surface area (TPSA) is 145 Å². The maximum atomic E-state index is 14.5. The van der Waals surface area contributed by atoms with Gasteiger partial charge in [-0.1, -0.05) is 54.1 Å². The molecule has 0 spiro atoms. The second kappa shape index (κ2) is 11.3. The quantitative estimate of drug-likeness (QED) is 0.207. The second-order valence-electron chi connectivity index (χ2n) is 12.6. The fraction of sp³-hybridized carbons (Fsp3) is 0.314. The Morgan fingerprint density at radius 1 is 0.848 bits per heavy atom. The third kappa shape index (κ3) is 4.45. The lowest BCUT2D eigenvalue weighted by molar-refractivity contribution is -0.131. The number of aliphatic hydroxyl groups excluding tert-OH is 1. The van der Waals surface area contributed by atoms with Gasteiger partial charge in [-0.15, -0.1) is 0 Å². The molecule has 2 saturated heterocycles. The minimum atomic E-state index is -1.76. The summed E-state index contributed by atoms with van der Waals surface area (Å²) in [6.07, 6.45) is 2.51. The molecule has 3 N–H and O–H groups in total. The van der Waals surface area contributed by atoms with E-state index in [9.17, 15) is 34.3 Å². The van der Waals surface area contributed by atoms with Gasteiger partial charge in [-0.2, -0.15) is 0 Å². The summed E-state index contributed by atoms with van der Waals surface area (Å²) in [6, 6.07) is 22.2. The molecule has 0 bridgehead atoms. The van der Waals surface area contributed by atoms with E-state index in [1.807, 2.05) is 31.2 Å². The zero-order valence-corrected chi connectivity index (χ0v) is 25.2. The van der Waals surface area contributed by atoms with E-state index in [1.54, 1.807) is 48.5 Å². The largest absolute Gasteiger partial charge is 0.491 e. The Kier molecular flexibility index (Phi) is 7.42. The Morgan fingerprint density at radius 3 is 2.26 bits per heavy atom. The van der Waals surface area contributed by atoms with Crippen LogP contribution in [0.4, 0.5) is 11.4 Å². The number of anilines is 2. The molecule has 0 radical (unpaired) electrons. The third-order valence-electron chi connectivity index (χ3n) is 10.3. The van der Waals surface area contributed by atoms with Gasteiger partial charge in [-0.3, -0.25) is 24.1 Å². The molecule has 2 heterocycles. The normalized spacial score (nSPS) is 28.5. The fourth-order valence-corrected chi connectivity index (χ4v) is 8.22. The van der Waals surface area contributed by atoms with Gasteiger partial charge in [0.15, 0.2) is 0 Å². The monoisotopic (exact) mass is 620 g/mol. The minimum Gasteiger partial charge on any atom is -0.491 e. The Bertz CT molecular complexity index is 1760. The highest BCUT2D eigenvalue weighted by molar-refractivity contribution is 6.58. The van der Waals surface area contributed by atoms with Crippen molar-refractivity contribution in [3.8, 4) is 5.75 Å². The number of fused-ring (bicyclic) bond motifs is 4. The van der Waals surface area contributed by atoms with Crippen LogP contribution in [-0.4, -0.2) is 59.1 Å². The first kappa shape index (κ1) is 30.1. The number of carbonyl (C=O) groups is 4. The number of benzene rings is 3. The lowest BCUT2D eigenvalue weighted by atomic mass is 9.51. The molecule has 7 rings (SSSR count). The zero-order valence-electron chi connectivity index (χ0n) is 25.2. The van der Waals surface area contributed by atoms with Gasteiger partial charge >= 0.3 is 7.12 Å².